The lowest BCUT2D eigenvalue weighted by atomic mass is 9.74. The molecule has 1 spiro atoms. The van der Waals surface area contributed by atoms with Crippen LogP contribution in [0.3, 0.4) is 0 Å². The third-order valence-electron chi connectivity index (χ3n) is 9.07. The Morgan fingerprint density at radius 1 is 1.22 bits per heavy atom. The van der Waals surface area contributed by atoms with Gasteiger partial charge in [-0.2, -0.15) is 0 Å². The number of aliphatic hydroxyl groups excluding tert-OH is 1. The van der Waals surface area contributed by atoms with E-state index in [-0.39, 0.29) is 27.3 Å². The standard InChI is InChI=1S/C26H31F3N6O4S2/c1-14-20(36)25(13-39-14)6-8-34(9-7-25)17-10-16(41(37,38)33-26(12-27)4-5-26)11-35-19(18(15-2-3-15)30-22(17)35)23-31-32-24(40-23)21(28)29/h10-11,14-15,20-21,33,36H,2-9,12-13H2,1H3/t14-,20?/m0/s1. The van der Waals surface area contributed by atoms with Gasteiger partial charge in [-0.25, -0.2) is 31.3 Å². The molecule has 4 aliphatic rings. The number of halogens is 3. The second kappa shape index (κ2) is 9.59. The molecule has 0 amide bonds. The molecule has 2 atom stereocenters. The third-order valence-corrected chi connectivity index (χ3v) is 11.6. The molecule has 2 N–H and O–H groups in total. The summed E-state index contributed by atoms with van der Waals surface area (Å²) in [5.74, 6) is 0.105. The molecule has 0 aromatic carbocycles. The smallest absolute Gasteiger partial charge is 0.291 e. The molecule has 2 saturated heterocycles. The lowest BCUT2D eigenvalue weighted by molar-refractivity contribution is 0.0250. The van der Waals surface area contributed by atoms with E-state index in [1.165, 1.54) is 6.20 Å². The molecule has 2 aliphatic carbocycles. The van der Waals surface area contributed by atoms with Crippen LogP contribution in [0.4, 0.5) is 18.9 Å². The molecule has 5 heterocycles. The first kappa shape index (κ1) is 27.5. The quantitative estimate of drug-likeness (QED) is 0.394. The van der Waals surface area contributed by atoms with Gasteiger partial charge in [-0.1, -0.05) is 11.3 Å². The Balaban J connectivity index is 1.36. The first-order valence-electron chi connectivity index (χ1n) is 13.9. The van der Waals surface area contributed by atoms with Crippen molar-refractivity contribution in [3.05, 3.63) is 23.0 Å². The maximum Gasteiger partial charge on any atom is 0.291 e. The maximum absolute atomic E-state index is 13.7. The number of anilines is 1. The summed E-state index contributed by atoms with van der Waals surface area (Å²) in [6.45, 7) is 2.58. The minimum Gasteiger partial charge on any atom is -0.390 e. The van der Waals surface area contributed by atoms with Crippen molar-refractivity contribution < 1.29 is 31.4 Å². The van der Waals surface area contributed by atoms with Crippen molar-refractivity contribution in [1.29, 1.82) is 0 Å². The lowest BCUT2D eigenvalue weighted by Gasteiger charge is -2.41. The molecule has 2 saturated carbocycles. The van der Waals surface area contributed by atoms with E-state index in [4.69, 9.17) is 9.72 Å². The average molecular weight is 613 g/mol. The van der Waals surface area contributed by atoms with Gasteiger partial charge >= 0.3 is 0 Å². The van der Waals surface area contributed by atoms with Gasteiger partial charge in [0.2, 0.25) is 10.0 Å². The van der Waals surface area contributed by atoms with Crippen molar-refractivity contribution in [2.45, 2.75) is 80.4 Å². The summed E-state index contributed by atoms with van der Waals surface area (Å²) in [7, 11) is -4.14. The zero-order valence-corrected chi connectivity index (χ0v) is 24.0. The Hall–Kier alpha value is -2.33. The van der Waals surface area contributed by atoms with E-state index in [2.05, 4.69) is 19.8 Å². The van der Waals surface area contributed by atoms with Crippen molar-refractivity contribution >= 4 is 32.7 Å². The molecule has 41 heavy (non-hydrogen) atoms. The number of hydrogen-bond acceptors (Lipinski definition) is 9. The third kappa shape index (κ3) is 4.64. The highest BCUT2D eigenvalue weighted by Gasteiger charge is 2.49. The second-order valence-corrected chi connectivity index (χ2v) is 14.6. The second-order valence-electron chi connectivity index (χ2n) is 12.0. The van der Waals surface area contributed by atoms with Gasteiger partial charge in [0.05, 0.1) is 35.7 Å². The Kier molecular flexibility index (Phi) is 6.43. The summed E-state index contributed by atoms with van der Waals surface area (Å²) in [6.07, 6.45) is 1.67. The number of nitrogens with zero attached hydrogens (tertiary/aromatic N) is 5. The summed E-state index contributed by atoms with van der Waals surface area (Å²) in [5, 5.41) is 18.3. The van der Waals surface area contributed by atoms with Gasteiger partial charge in [0, 0.05) is 30.6 Å². The predicted molar refractivity (Wildman–Crippen MR) is 145 cm³/mol. The van der Waals surface area contributed by atoms with Crippen LogP contribution in [0.1, 0.15) is 68.5 Å². The van der Waals surface area contributed by atoms with E-state index < -0.39 is 39.8 Å². The number of nitrogens with one attached hydrogen (secondary N) is 1. The average Bonchev–Trinajstić information content (AvgIpc) is 3.83. The summed E-state index contributed by atoms with van der Waals surface area (Å²) in [6, 6.07) is 1.56. The van der Waals surface area contributed by atoms with Crippen LogP contribution < -0.4 is 9.62 Å². The Morgan fingerprint density at radius 3 is 2.51 bits per heavy atom. The minimum atomic E-state index is -4.14. The number of ether oxygens (including phenoxy) is 1. The molecular weight excluding hydrogens is 581 g/mol. The lowest BCUT2D eigenvalue weighted by Crippen LogP contribution is -2.47. The molecule has 0 radical (unpaired) electrons. The van der Waals surface area contributed by atoms with Crippen LogP contribution in [-0.4, -0.2) is 77.2 Å². The number of imidazole rings is 1. The highest BCUT2D eigenvalue weighted by molar-refractivity contribution is 7.89. The number of rotatable bonds is 8. The summed E-state index contributed by atoms with van der Waals surface area (Å²) in [4.78, 5) is 6.93. The van der Waals surface area contributed by atoms with Crippen molar-refractivity contribution in [3.8, 4) is 10.7 Å². The first-order chi connectivity index (χ1) is 19.5. The molecule has 2 aliphatic heterocycles. The van der Waals surface area contributed by atoms with Crippen LogP contribution in [0.15, 0.2) is 17.2 Å². The van der Waals surface area contributed by atoms with Crippen LogP contribution in [0.5, 0.6) is 0 Å². The minimum absolute atomic E-state index is 0.0718. The molecule has 222 valence electrons. The highest BCUT2D eigenvalue weighted by Crippen LogP contribution is 2.48. The van der Waals surface area contributed by atoms with Gasteiger partial charge < -0.3 is 14.7 Å². The van der Waals surface area contributed by atoms with Gasteiger partial charge in [0.1, 0.15) is 17.3 Å². The fourth-order valence-electron chi connectivity index (χ4n) is 6.14. The molecule has 3 aromatic rings. The molecule has 4 fully saturated rings. The van der Waals surface area contributed by atoms with Crippen LogP contribution in [0.2, 0.25) is 0 Å². The molecule has 3 aromatic heterocycles. The molecule has 1 unspecified atom stereocenters. The summed E-state index contributed by atoms with van der Waals surface area (Å²) < 4.78 is 77.7. The number of aromatic nitrogens is 4. The Bertz CT molecular complexity index is 1600. The fourth-order valence-corrected chi connectivity index (χ4v) is 8.34. The van der Waals surface area contributed by atoms with Gasteiger partial charge in [-0.15, -0.1) is 10.2 Å². The topological polar surface area (TPSA) is 122 Å². The number of sulfonamides is 1. The Morgan fingerprint density at radius 2 is 1.95 bits per heavy atom. The normalized spacial score (nSPS) is 25.6. The predicted octanol–water partition coefficient (Wildman–Crippen LogP) is 3.81. The van der Waals surface area contributed by atoms with Gasteiger partial charge in [0.25, 0.3) is 6.43 Å². The van der Waals surface area contributed by atoms with E-state index in [0.29, 0.717) is 68.1 Å². The van der Waals surface area contributed by atoms with Gasteiger partial charge in [-0.05, 0) is 51.5 Å². The number of alkyl halides is 3. The van der Waals surface area contributed by atoms with E-state index >= 15 is 0 Å². The SMILES string of the molecule is C[C@@H]1OCC2(CCN(c3cc(S(=O)(=O)NC4(CF)CC4)cn4c(-c5nnc(C(F)F)s5)c(C5CC5)nc34)CC2)C1O. The summed E-state index contributed by atoms with van der Waals surface area (Å²) >= 11 is 0.761. The number of fused-ring (bicyclic) bond motifs is 1. The van der Waals surface area contributed by atoms with E-state index in [1.807, 2.05) is 6.92 Å². The fraction of sp³-hybridized carbons (Fsp3) is 0.654. The van der Waals surface area contributed by atoms with E-state index in [0.717, 1.165) is 24.2 Å². The molecule has 10 nitrogen and oxygen atoms in total. The zero-order valence-electron chi connectivity index (χ0n) is 22.4. The number of pyridine rings is 1. The number of hydrogen-bond donors (Lipinski definition) is 2. The van der Waals surface area contributed by atoms with Crippen molar-refractivity contribution in [2.24, 2.45) is 5.41 Å². The maximum atomic E-state index is 13.7. The van der Waals surface area contributed by atoms with Crippen LogP contribution in [0, 0.1) is 5.41 Å². The Labute approximate surface area is 239 Å². The van der Waals surface area contributed by atoms with Crippen molar-refractivity contribution in [3.63, 3.8) is 0 Å². The first-order valence-corrected chi connectivity index (χ1v) is 16.2. The van der Waals surface area contributed by atoms with Crippen molar-refractivity contribution in [2.75, 3.05) is 31.3 Å². The van der Waals surface area contributed by atoms with E-state index in [1.54, 1.807) is 10.5 Å². The summed E-state index contributed by atoms with van der Waals surface area (Å²) in [5.41, 5.74) is 0.738. The number of piperidine rings is 1. The van der Waals surface area contributed by atoms with Crippen LogP contribution in [0.25, 0.3) is 16.3 Å². The highest BCUT2D eigenvalue weighted by atomic mass is 32.2. The van der Waals surface area contributed by atoms with E-state index in [9.17, 15) is 26.7 Å². The largest absolute Gasteiger partial charge is 0.390 e. The van der Waals surface area contributed by atoms with Gasteiger partial charge in [0.15, 0.2) is 15.7 Å². The van der Waals surface area contributed by atoms with Crippen LogP contribution >= 0.6 is 11.3 Å². The molecule has 0 bridgehead atoms. The molecular formula is C26H31F3N6O4S2. The molecule has 7 rings (SSSR count). The number of aliphatic hydroxyl groups is 1. The molecule has 15 heteroatoms. The zero-order chi connectivity index (χ0) is 28.7. The monoisotopic (exact) mass is 612 g/mol. The van der Waals surface area contributed by atoms with Crippen molar-refractivity contribution in [1.82, 2.24) is 24.3 Å². The van der Waals surface area contributed by atoms with Crippen LogP contribution in [-0.2, 0) is 14.8 Å². The van der Waals surface area contributed by atoms with Gasteiger partial charge in [-0.3, -0.25) is 4.40 Å².